The minimum absolute atomic E-state index is 0.00905. The average molecular weight is 391 g/mol. The molecule has 6 nitrogen and oxygen atoms in total. The van der Waals surface area contributed by atoms with Gasteiger partial charge in [-0.2, -0.15) is 0 Å². The van der Waals surface area contributed by atoms with Gasteiger partial charge in [0.2, 0.25) is 5.91 Å². The molecule has 0 saturated carbocycles. The van der Waals surface area contributed by atoms with E-state index in [0.717, 1.165) is 22.6 Å². The molecule has 0 bridgehead atoms. The van der Waals surface area contributed by atoms with Crippen molar-refractivity contribution in [3.8, 4) is 11.3 Å². The van der Waals surface area contributed by atoms with Gasteiger partial charge in [-0.25, -0.2) is 0 Å². The number of amides is 2. The van der Waals surface area contributed by atoms with Gasteiger partial charge in [-0.3, -0.25) is 9.59 Å². The van der Waals surface area contributed by atoms with Crippen molar-refractivity contribution < 1.29 is 14.1 Å². The summed E-state index contributed by atoms with van der Waals surface area (Å²) in [6.45, 7) is 0.510. The van der Waals surface area contributed by atoms with E-state index in [4.69, 9.17) is 4.52 Å². The second-order valence-corrected chi connectivity index (χ2v) is 7.04. The number of hydrogen-bond donors (Lipinski definition) is 1. The van der Waals surface area contributed by atoms with Crippen LogP contribution in [0.25, 0.3) is 11.3 Å². The maximum atomic E-state index is 12.1. The molecule has 2 aromatic carbocycles. The van der Waals surface area contributed by atoms with Crippen molar-refractivity contribution in [1.82, 2.24) is 15.4 Å². The Balaban J connectivity index is 1.40. The molecular formula is C23H25N3O3. The molecule has 0 unspecified atom stereocenters. The lowest BCUT2D eigenvalue weighted by molar-refractivity contribution is -0.121. The van der Waals surface area contributed by atoms with Crippen molar-refractivity contribution in [2.75, 3.05) is 20.6 Å². The van der Waals surface area contributed by atoms with E-state index in [1.807, 2.05) is 48.5 Å². The summed E-state index contributed by atoms with van der Waals surface area (Å²) in [7, 11) is 3.45. The zero-order valence-corrected chi connectivity index (χ0v) is 16.7. The van der Waals surface area contributed by atoms with Gasteiger partial charge in [0, 0.05) is 50.7 Å². The number of hydrogen-bond acceptors (Lipinski definition) is 4. The van der Waals surface area contributed by atoms with Gasteiger partial charge >= 0.3 is 0 Å². The van der Waals surface area contributed by atoms with Crippen LogP contribution in [0, 0.1) is 0 Å². The maximum Gasteiger partial charge on any atom is 0.253 e. The molecule has 150 valence electrons. The lowest BCUT2D eigenvalue weighted by Gasteiger charge is -2.10. The maximum absolute atomic E-state index is 12.1. The van der Waals surface area contributed by atoms with Crippen LogP contribution in [0.4, 0.5) is 0 Å². The Hall–Kier alpha value is -3.41. The number of carbonyl (C=O) groups excluding carboxylic acids is 2. The number of nitrogens with one attached hydrogen (secondary N) is 1. The summed E-state index contributed by atoms with van der Waals surface area (Å²) in [6.07, 6.45) is 1.64. The fraction of sp³-hybridized carbons (Fsp3) is 0.261. The van der Waals surface area contributed by atoms with Crippen LogP contribution < -0.4 is 5.32 Å². The first-order chi connectivity index (χ1) is 14.0. The zero-order valence-electron chi connectivity index (χ0n) is 16.7. The molecular weight excluding hydrogens is 366 g/mol. The topological polar surface area (TPSA) is 75.4 Å². The quantitative estimate of drug-likeness (QED) is 0.639. The standard InChI is InChI=1S/C23H25N3O3/c1-26(2)23(28)19-11-8-17(9-12-19)10-13-22(27)24-15-14-20-16-21(29-25-20)18-6-4-3-5-7-18/h3-9,11-12,16H,10,13-15H2,1-2H3,(H,24,27). The summed E-state index contributed by atoms with van der Waals surface area (Å²) in [6, 6.07) is 19.1. The average Bonchev–Trinajstić information content (AvgIpc) is 3.21. The van der Waals surface area contributed by atoms with Gasteiger partial charge < -0.3 is 14.7 Å². The van der Waals surface area contributed by atoms with Crippen LogP contribution in [0.5, 0.6) is 0 Å². The number of carbonyl (C=O) groups is 2. The first-order valence-electron chi connectivity index (χ1n) is 9.61. The van der Waals surface area contributed by atoms with Crippen LogP contribution in [-0.2, 0) is 17.6 Å². The summed E-state index contributed by atoms with van der Waals surface area (Å²) < 4.78 is 5.37. The van der Waals surface area contributed by atoms with E-state index in [1.54, 1.807) is 31.1 Å². The summed E-state index contributed by atoms with van der Waals surface area (Å²) in [5.41, 5.74) is 3.46. The highest BCUT2D eigenvalue weighted by atomic mass is 16.5. The summed E-state index contributed by atoms with van der Waals surface area (Å²) in [5.74, 6) is 0.686. The molecule has 0 fully saturated rings. The lowest BCUT2D eigenvalue weighted by atomic mass is 10.1. The smallest absolute Gasteiger partial charge is 0.253 e. The molecule has 0 spiro atoms. The molecule has 0 aliphatic rings. The molecule has 3 rings (SSSR count). The number of rotatable bonds is 8. The molecule has 0 radical (unpaired) electrons. The van der Waals surface area contributed by atoms with Crippen molar-refractivity contribution in [2.24, 2.45) is 0 Å². The number of aromatic nitrogens is 1. The van der Waals surface area contributed by atoms with Gasteiger partial charge in [0.15, 0.2) is 5.76 Å². The van der Waals surface area contributed by atoms with Gasteiger partial charge in [-0.15, -0.1) is 0 Å². The second-order valence-electron chi connectivity index (χ2n) is 7.04. The fourth-order valence-electron chi connectivity index (χ4n) is 2.92. The normalized spacial score (nSPS) is 10.6. The third-order valence-corrected chi connectivity index (χ3v) is 4.57. The van der Waals surface area contributed by atoms with Crippen LogP contribution in [0.1, 0.15) is 28.0 Å². The summed E-state index contributed by atoms with van der Waals surface area (Å²) in [5, 5.41) is 6.97. The van der Waals surface area contributed by atoms with Gasteiger partial charge in [-0.05, 0) is 24.1 Å². The Morgan fingerprint density at radius 1 is 1.00 bits per heavy atom. The van der Waals surface area contributed by atoms with Crippen molar-refractivity contribution in [1.29, 1.82) is 0 Å². The largest absolute Gasteiger partial charge is 0.356 e. The monoisotopic (exact) mass is 391 g/mol. The van der Waals surface area contributed by atoms with Crippen LogP contribution in [0.2, 0.25) is 0 Å². The fourth-order valence-corrected chi connectivity index (χ4v) is 2.92. The van der Waals surface area contributed by atoms with Crippen LogP contribution in [-0.4, -0.2) is 42.5 Å². The van der Waals surface area contributed by atoms with Gasteiger partial charge in [0.05, 0.1) is 5.69 Å². The highest BCUT2D eigenvalue weighted by molar-refractivity contribution is 5.93. The lowest BCUT2D eigenvalue weighted by Crippen LogP contribution is -2.26. The summed E-state index contributed by atoms with van der Waals surface area (Å²) in [4.78, 5) is 25.5. The minimum atomic E-state index is -0.0300. The Morgan fingerprint density at radius 2 is 1.72 bits per heavy atom. The molecule has 0 atom stereocenters. The van der Waals surface area contributed by atoms with Crippen LogP contribution >= 0.6 is 0 Å². The predicted molar refractivity (Wildman–Crippen MR) is 111 cm³/mol. The highest BCUT2D eigenvalue weighted by Crippen LogP contribution is 2.19. The van der Waals surface area contributed by atoms with E-state index < -0.39 is 0 Å². The summed E-state index contributed by atoms with van der Waals surface area (Å²) >= 11 is 0. The SMILES string of the molecule is CN(C)C(=O)c1ccc(CCC(=O)NCCc2cc(-c3ccccc3)on2)cc1. The molecule has 1 aromatic heterocycles. The molecule has 29 heavy (non-hydrogen) atoms. The van der Waals surface area contributed by atoms with Crippen molar-refractivity contribution in [3.63, 3.8) is 0 Å². The molecule has 1 N–H and O–H groups in total. The Labute approximate surface area is 170 Å². The highest BCUT2D eigenvalue weighted by Gasteiger charge is 2.09. The Morgan fingerprint density at radius 3 is 2.41 bits per heavy atom. The van der Waals surface area contributed by atoms with E-state index in [-0.39, 0.29) is 11.8 Å². The van der Waals surface area contributed by atoms with E-state index in [1.165, 1.54) is 0 Å². The predicted octanol–water partition coefficient (Wildman–Crippen LogP) is 3.33. The molecule has 0 aliphatic carbocycles. The van der Waals surface area contributed by atoms with E-state index >= 15 is 0 Å². The number of nitrogens with zero attached hydrogens (tertiary/aromatic N) is 2. The third kappa shape index (κ3) is 5.78. The molecule has 6 heteroatoms. The van der Waals surface area contributed by atoms with E-state index in [9.17, 15) is 9.59 Å². The second kappa shape index (κ2) is 9.68. The van der Waals surface area contributed by atoms with E-state index in [0.29, 0.717) is 31.4 Å². The van der Waals surface area contributed by atoms with Crippen molar-refractivity contribution in [3.05, 3.63) is 77.5 Å². The molecule has 2 amide bonds. The zero-order chi connectivity index (χ0) is 20.6. The third-order valence-electron chi connectivity index (χ3n) is 4.57. The number of aryl methyl sites for hydroxylation is 1. The van der Waals surface area contributed by atoms with Crippen molar-refractivity contribution >= 4 is 11.8 Å². The van der Waals surface area contributed by atoms with Crippen LogP contribution in [0.3, 0.4) is 0 Å². The van der Waals surface area contributed by atoms with Gasteiger partial charge in [-0.1, -0.05) is 47.6 Å². The minimum Gasteiger partial charge on any atom is -0.356 e. The van der Waals surface area contributed by atoms with Crippen LogP contribution in [0.15, 0.2) is 65.2 Å². The Kier molecular flexibility index (Phi) is 6.79. The molecule has 1 heterocycles. The molecule has 0 aliphatic heterocycles. The molecule has 0 saturated heterocycles. The molecule has 3 aromatic rings. The Bertz CT molecular complexity index is 947. The van der Waals surface area contributed by atoms with Gasteiger partial charge in [0.25, 0.3) is 5.91 Å². The first kappa shape index (κ1) is 20.3. The first-order valence-corrected chi connectivity index (χ1v) is 9.61. The number of benzene rings is 2. The van der Waals surface area contributed by atoms with Crippen molar-refractivity contribution in [2.45, 2.75) is 19.3 Å². The van der Waals surface area contributed by atoms with E-state index in [2.05, 4.69) is 10.5 Å². The van der Waals surface area contributed by atoms with Gasteiger partial charge in [0.1, 0.15) is 0 Å².